The van der Waals surface area contributed by atoms with E-state index < -0.39 is 16.0 Å². The number of carboxylic acids is 1. The van der Waals surface area contributed by atoms with Crippen LogP contribution >= 0.6 is 15.9 Å². The summed E-state index contributed by atoms with van der Waals surface area (Å²) >= 11 is 3.18. The molecular formula is C11H8BrN3O4S. The lowest BCUT2D eigenvalue weighted by Gasteiger charge is -2.06. The Morgan fingerprint density at radius 1 is 1.15 bits per heavy atom. The molecule has 0 radical (unpaired) electrons. The highest BCUT2D eigenvalue weighted by molar-refractivity contribution is 9.10. The molecule has 9 heteroatoms. The first-order valence-electron chi connectivity index (χ1n) is 5.22. The summed E-state index contributed by atoms with van der Waals surface area (Å²) in [7, 11) is -3.90. The van der Waals surface area contributed by atoms with E-state index in [4.69, 9.17) is 5.11 Å². The molecule has 0 amide bonds. The Morgan fingerprint density at radius 2 is 1.90 bits per heavy atom. The van der Waals surface area contributed by atoms with Crippen molar-refractivity contribution < 1.29 is 18.3 Å². The van der Waals surface area contributed by atoms with E-state index in [0.29, 0.717) is 4.47 Å². The van der Waals surface area contributed by atoms with E-state index in [2.05, 4.69) is 30.6 Å². The molecule has 0 spiro atoms. The van der Waals surface area contributed by atoms with Gasteiger partial charge in [0.1, 0.15) is 5.82 Å². The summed E-state index contributed by atoms with van der Waals surface area (Å²) in [4.78, 5) is 18.2. The minimum atomic E-state index is -3.90. The zero-order valence-corrected chi connectivity index (χ0v) is 12.2. The van der Waals surface area contributed by atoms with Crippen molar-refractivity contribution in [2.24, 2.45) is 0 Å². The van der Waals surface area contributed by atoms with Crippen LogP contribution in [0.2, 0.25) is 0 Å². The third kappa shape index (κ3) is 3.31. The molecule has 0 bridgehead atoms. The Labute approximate surface area is 122 Å². The summed E-state index contributed by atoms with van der Waals surface area (Å²) in [6.07, 6.45) is 2.42. The first-order chi connectivity index (χ1) is 9.38. The van der Waals surface area contributed by atoms with Crippen LogP contribution in [-0.2, 0) is 10.0 Å². The molecule has 0 unspecified atom stereocenters. The molecule has 20 heavy (non-hydrogen) atoms. The van der Waals surface area contributed by atoms with Gasteiger partial charge in [0.15, 0.2) is 5.03 Å². The van der Waals surface area contributed by atoms with Gasteiger partial charge in [-0.05, 0) is 40.2 Å². The van der Waals surface area contributed by atoms with E-state index in [1.165, 1.54) is 18.3 Å². The fourth-order valence-corrected chi connectivity index (χ4v) is 2.47. The number of nitrogens with one attached hydrogen (secondary N) is 1. The largest absolute Gasteiger partial charge is 0.478 e. The highest BCUT2D eigenvalue weighted by Crippen LogP contribution is 2.15. The van der Waals surface area contributed by atoms with Gasteiger partial charge in [0.05, 0.1) is 5.56 Å². The van der Waals surface area contributed by atoms with Gasteiger partial charge in [-0.25, -0.2) is 14.8 Å². The Morgan fingerprint density at radius 3 is 2.40 bits per heavy atom. The smallest absolute Gasteiger partial charge is 0.337 e. The molecular weight excluding hydrogens is 350 g/mol. The van der Waals surface area contributed by atoms with Gasteiger partial charge in [-0.2, -0.15) is 8.42 Å². The molecule has 2 N–H and O–H groups in total. The van der Waals surface area contributed by atoms with Gasteiger partial charge in [-0.1, -0.05) is 0 Å². The minimum Gasteiger partial charge on any atom is -0.478 e. The summed E-state index contributed by atoms with van der Waals surface area (Å²) in [5.41, 5.74) is -0.0919. The van der Waals surface area contributed by atoms with Crippen molar-refractivity contribution in [3.05, 3.63) is 46.7 Å². The third-order valence-corrected chi connectivity index (χ3v) is 3.96. The molecule has 2 aromatic heterocycles. The summed E-state index contributed by atoms with van der Waals surface area (Å²) in [6.45, 7) is 0. The van der Waals surface area contributed by atoms with Crippen LogP contribution in [0.5, 0.6) is 0 Å². The molecule has 0 fully saturated rings. The number of anilines is 1. The predicted octanol–water partition coefficient (Wildman–Crippen LogP) is 1.74. The topological polar surface area (TPSA) is 109 Å². The molecule has 0 aromatic carbocycles. The highest BCUT2D eigenvalue weighted by atomic mass is 79.9. The number of halogens is 1. The molecule has 7 nitrogen and oxygen atoms in total. The van der Waals surface area contributed by atoms with Gasteiger partial charge in [0.25, 0.3) is 10.0 Å². The second kappa shape index (κ2) is 5.55. The van der Waals surface area contributed by atoms with Crippen LogP contribution < -0.4 is 4.72 Å². The molecule has 0 aliphatic rings. The van der Waals surface area contributed by atoms with E-state index >= 15 is 0 Å². The predicted molar refractivity (Wildman–Crippen MR) is 73.9 cm³/mol. The van der Waals surface area contributed by atoms with Crippen molar-refractivity contribution in [3.63, 3.8) is 0 Å². The van der Waals surface area contributed by atoms with Gasteiger partial charge in [-0.3, -0.25) is 4.72 Å². The molecule has 0 saturated heterocycles. The van der Waals surface area contributed by atoms with Gasteiger partial charge in [0.2, 0.25) is 0 Å². The second-order valence-electron chi connectivity index (χ2n) is 3.66. The standard InChI is InChI=1S/C11H8BrN3O4S/c12-8-2-3-9(13-6-8)15-20(18,19)10-4-1-7(5-14-10)11(16)17/h1-6H,(H,13,15)(H,16,17). The number of pyridine rings is 2. The Balaban J connectivity index is 2.26. The Bertz CT molecular complexity index is 729. The van der Waals surface area contributed by atoms with Crippen molar-refractivity contribution >= 4 is 37.7 Å². The summed E-state index contributed by atoms with van der Waals surface area (Å²) < 4.78 is 26.9. The number of carbonyl (C=O) groups is 1. The van der Waals surface area contributed by atoms with Crippen molar-refractivity contribution in [3.8, 4) is 0 Å². The van der Waals surface area contributed by atoms with Crippen LogP contribution in [0.25, 0.3) is 0 Å². The maximum Gasteiger partial charge on any atom is 0.337 e. The minimum absolute atomic E-state index is 0.0919. The maximum absolute atomic E-state index is 12.0. The van der Waals surface area contributed by atoms with Gasteiger partial charge in [0, 0.05) is 16.9 Å². The summed E-state index contributed by atoms with van der Waals surface area (Å²) in [5.74, 6) is -1.04. The van der Waals surface area contributed by atoms with E-state index in [1.807, 2.05) is 0 Å². The normalized spacial score (nSPS) is 11.1. The molecule has 2 aromatic rings. The van der Waals surface area contributed by atoms with Crippen molar-refractivity contribution in [1.82, 2.24) is 9.97 Å². The SMILES string of the molecule is O=C(O)c1ccc(S(=O)(=O)Nc2ccc(Br)cn2)nc1. The molecule has 2 heterocycles. The number of aromatic carboxylic acids is 1. The van der Waals surface area contributed by atoms with Crippen LogP contribution in [0.4, 0.5) is 5.82 Å². The van der Waals surface area contributed by atoms with Crippen LogP contribution in [-0.4, -0.2) is 29.5 Å². The number of sulfonamides is 1. The summed E-state index contributed by atoms with van der Waals surface area (Å²) in [6, 6.07) is 5.39. The summed E-state index contributed by atoms with van der Waals surface area (Å²) in [5, 5.41) is 8.44. The van der Waals surface area contributed by atoms with Crippen molar-refractivity contribution in [1.29, 1.82) is 0 Å². The molecule has 2 rings (SSSR count). The van der Waals surface area contributed by atoms with Gasteiger partial charge in [-0.15, -0.1) is 0 Å². The highest BCUT2D eigenvalue weighted by Gasteiger charge is 2.17. The first kappa shape index (κ1) is 14.4. The molecule has 0 saturated carbocycles. The number of nitrogens with zero attached hydrogens (tertiary/aromatic N) is 2. The number of hydrogen-bond donors (Lipinski definition) is 2. The van der Waals surface area contributed by atoms with E-state index in [1.54, 1.807) is 6.07 Å². The van der Waals surface area contributed by atoms with Gasteiger partial charge >= 0.3 is 5.97 Å². The Hall–Kier alpha value is -2.00. The van der Waals surface area contributed by atoms with Crippen molar-refractivity contribution in [2.75, 3.05) is 4.72 Å². The van der Waals surface area contributed by atoms with Crippen LogP contribution in [0.1, 0.15) is 10.4 Å². The number of rotatable bonds is 4. The lowest BCUT2D eigenvalue weighted by molar-refractivity contribution is 0.0696. The first-order valence-corrected chi connectivity index (χ1v) is 7.50. The number of aromatic nitrogens is 2. The zero-order chi connectivity index (χ0) is 14.8. The molecule has 104 valence electrons. The quantitative estimate of drug-likeness (QED) is 0.862. The van der Waals surface area contributed by atoms with Crippen LogP contribution in [0.15, 0.2) is 46.2 Å². The number of carboxylic acid groups (broad SMARTS) is 1. The fourth-order valence-electron chi connectivity index (χ4n) is 1.29. The van der Waals surface area contributed by atoms with Crippen molar-refractivity contribution in [2.45, 2.75) is 5.03 Å². The third-order valence-electron chi connectivity index (χ3n) is 2.22. The molecule has 0 aliphatic carbocycles. The lowest BCUT2D eigenvalue weighted by atomic mass is 10.3. The van der Waals surface area contributed by atoms with E-state index in [9.17, 15) is 13.2 Å². The fraction of sp³-hybridized carbons (Fsp3) is 0. The van der Waals surface area contributed by atoms with Crippen LogP contribution in [0.3, 0.4) is 0 Å². The average molecular weight is 358 g/mol. The lowest BCUT2D eigenvalue weighted by Crippen LogP contribution is -2.15. The maximum atomic E-state index is 12.0. The Kier molecular flexibility index (Phi) is 4.00. The van der Waals surface area contributed by atoms with Crippen LogP contribution in [0, 0.1) is 0 Å². The van der Waals surface area contributed by atoms with Gasteiger partial charge < -0.3 is 5.11 Å². The van der Waals surface area contributed by atoms with E-state index in [0.717, 1.165) is 12.3 Å². The average Bonchev–Trinajstić information content (AvgIpc) is 2.41. The molecule has 0 aliphatic heterocycles. The zero-order valence-electron chi connectivity index (χ0n) is 9.82. The molecule has 0 atom stereocenters. The number of hydrogen-bond acceptors (Lipinski definition) is 5. The van der Waals surface area contributed by atoms with E-state index in [-0.39, 0.29) is 16.4 Å². The monoisotopic (exact) mass is 357 g/mol. The second-order valence-corrected chi connectivity index (χ2v) is 6.20.